The second-order valence-corrected chi connectivity index (χ2v) is 18.5. The van der Waals surface area contributed by atoms with Crippen LogP contribution in [0.5, 0.6) is 0 Å². The van der Waals surface area contributed by atoms with Crippen molar-refractivity contribution in [3.05, 3.63) is 97.2 Å². The maximum absolute atomic E-state index is 12.9. The molecular formula is C52H91N2O6P. The minimum Gasteiger partial charge on any atom is -0.756 e. The molecule has 3 atom stereocenters. The second-order valence-electron chi connectivity index (χ2n) is 17.1. The van der Waals surface area contributed by atoms with E-state index in [0.29, 0.717) is 17.4 Å². The summed E-state index contributed by atoms with van der Waals surface area (Å²) >= 11 is 0. The molecule has 0 fully saturated rings. The van der Waals surface area contributed by atoms with Crippen molar-refractivity contribution in [2.45, 2.75) is 187 Å². The standard InChI is InChI=1S/C52H91N2O6P/c1-6-8-10-12-14-16-18-20-21-22-23-24-25-26-27-28-29-30-31-32-33-34-36-38-40-42-44-46-52(56)53-50(49-60-61(57,58)59-48-47-54(3,4)5)51(55)45-43-41-39-37-35-19-17-15-13-11-9-7-2/h8,10,14,16,20-21,23-24,26-27,29-30,32-33,43,45,50-51,55H,6-7,9,11-13,15,17-19,22,25,28,31,34-42,44,46-49H2,1-5H3,(H-,53,56,57,58)/b10-8-,16-14-,21-20-,24-23-,27-26-,30-29-,33-32-,45-43+. The SMILES string of the molecule is CC/C=C\C/C=C\C/C=C\C/C=C\C/C=C\C/C=C\C/C=C\CCCCCCCC(=O)NC(COP(=O)([O-])OCC[N+](C)(C)C)C(O)/C=C/CCCCCCCCCCCC. The molecule has 61 heavy (non-hydrogen) atoms. The largest absolute Gasteiger partial charge is 0.756 e. The second kappa shape index (κ2) is 42.7. The number of phosphoric ester groups is 1. The van der Waals surface area contributed by atoms with Crippen molar-refractivity contribution in [2.24, 2.45) is 0 Å². The first kappa shape index (κ1) is 58.4. The fourth-order valence-electron chi connectivity index (χ4n) is 6.25. The van der Waals surface area contributed by atoms with Gasteiger partial charge in [-0.25, -0.2) is 0 Å². The summed E-state index contributed by atoms with van der Waals surface area (Å²) in [7, 11) is 1.23. The Balaban J connectivity index is 4.35. The molecule has 0 heterocycles. The van der Waals surface area contributed by atoms with Gasteiger partial charge in [-0.3, -0.25) is 9.36 Å². The van der Waals surface area contributed by atoms with Crippen LogP contribution in [0.4, 0.5) is 0 Å². The van der Waals surface area contributed by atoms with E-state index in [1.807, 2.05) is 27.2 Å². The van der Waals surface area contributed by atoms with Crippen LogP contribution in [0.25, 0.3) is 0 Å². The molecular weight excluding hydrogens is 780 g/mol. The van der Waals surface area contributed by atoms with E-state index >= 15 is 0 Å². The Morgan fingerprint density at radius 3 is 1.46 bits per heavy atom. The van der Waals surface area contributed by atoms with Gasteiger partial charge in [0.25, 0.3) is 7.82 Å². The molecule has 0 radical (unpaired) electrons. The van der Waals surface area contributed by atoms with Crippen molar-refractivity contribution in [1.29, 1.82) is 0 Å². The van der Waals surface area contributed by atoms with Crippen molar-refractivity contribution >= 4 is 13.7 Å². The summed E-state index contributed by atoms with van der Waals surface area (Å²) in [4.78, 5) is 25.3. The summed E-state index contributed by atoms with van der Waals surface area (Å²) in [6.07, 6.45) is 60.3. The Labute approximate surface area is 375 Å². The Bertz CT molecular complexity index is 1310. The van der Waals surface area contributed by atoms with Gasteiger partial charge in [-0.2, -0.15) is 0 Å². The predicted octanol–water partition coefficient (Wildman–Crippen LogP) is 13.3. The highest BCUT2D eigenvalue weighted by atomic mass is 31.2. The molecule has 0 rings (SSSR count). The third kappa shape index (κ3) is 45.3. The smallest absolute Gasteiger partial charge is 0.268 e. The van der Waals surface area contributed by atoms with Crippen LogP contribution in [0.1, 0.15) is 174 Å². The molecule has 0 saturated heterocycles. The molecule has 3 unspecified atom stereocenters. The highest BCUT2D eigenvalue weighted by molar-refractivity contribution is 7.45. The van der Waals surface area contributed by atoms with E-state index < -0.39 is 26.6 Å². The van der Waals surface area contributed by atoms with Crippen molar-refractivity contribution in [3.63, 3.8) is 0 Å². The fourth-order valence-corrected chi connectivity index (χ4v) is 6.97. The van der Waals surface area contributed by atoms with Crippen LogP contribution in [-0.4, -0.2) is 68.5 Å². The summed E-state index contributed by atoms with van der Waals surface area (Å²) in [6, 6.07) is -0.902. The van der Waals surface area contributed by atoms with Gasteiger partial charge in [0.2, 0.25) is 5.91 Å². The van der Waals surface area contributed by atoms with Crippen molar-refractivity contribution in [2.75, 3.05) is 40.9 Å². The highest BCUT2D eigenvalue weighted by Gasteiger charge is 2.23. The molecule has 2 N–H and O–H groups in total. The Hall–Kier alpha value is -2.58. The normalized spacial score (nSPS) is 15.1. The number of hydrogen-bond donors (Lipinski definition) is 2. The molecule has 0 spiro atoms. The lowest BCUT2D eigenvalue weighted by atomic mass is 10.1. The molecule has 8 nitrogen and oxygen atoms in total. The van der Waals surface area contributed by atoms with Crippen LogP contribution < -0.4 is 10.2 Å². The van der Waals surface area contributed by atoms with Gasteiger partial charge in [-0.1, -0.05) is 188 Å². The van der Waals surface area contributed by atoms with Crippen LogP contribution in [0.3, 0.4) is 0 Å². The van der Waals surface area contributed by atoms with E-state index in [2.05, 4.69) is 104 Å². The highest BCUT2D eigenvalue weighted by Crippen LogP contribution is 2.38. The zero-order chi connectivity index (χ0) is 45.0. The van der Waals surface area contributed by atoms with Crippen LogP contribution in [0.15, 0.2) is 97.2 Å². The Morgan fingerprint density at radius 1 is 0.590 bits per heavy atom. The number of nitrogens with zero attached hydrogens (tertiary/aromatic N) is 1. The van der Waals surface area contributed by atoms with Gasteiger partial charge in [-0.15, -0.1) is 0 Å². The number of quaternary nitrogens is 1. The Kier molecular flexibility index (Phi) is 40.9. The molecule has 0 aromatic rings. The summed E-state index contributed by atoms with van der Waals surface area (Å²) < 4.78 is 23.2. The van der Waals surface area contributed by atoms with Crippen LogP contribution in [-0.2, 0) is 18.4 Å². The number of aliphatic hydroxyl groups excluding tert-OH is 1. The van der Waals surface area contributed by atoms with Crippen LogP contribution in [0, 0.1) is 0 Å². The van der Waals surface area contributed by atoms with Crippen molar-refractivity contribution in [3.8, 4) is 0 Å². The molecule has 0 saturated carbocycles. The minimum absolute atomic E-state index is 0.0107. The molecule has 0 aromatic heterocycles. The topological polar surface area (TPSA) is 108 Å². The maximum atomic E-state index is 12.9. The number of amides is 1. The first-order valence-electron chi connectivity index (χ1n) is 24.1. The number of hydrogen-bond acceptors (Lipinski definition) is 6. The first-order valence-corrected chi connectivity index (χ1v) is 25.6. The number of nitrogens with one attached hydrogen (secondary N) is 1. The zero-order valence-corrected chi connectivity index (χ0v) is 40.5. The zero-order valence-electron chi connectivity index (χ0n) is 39.6. The van der Waals surface area contributed by atoms with E-state index in [1.165, 1.54) is 51.4 Å². The summed E-state index contributed by atoms with van der Waals surface area (Å²) in [6.45, 7) is 4.48. The lowest BCUT2D eigenvalue weighted by molar-refractivity contribution is -0.870. The molecule has 0 aliphatic heterocycles. The molecule has 9 heteroatoms. The maximum Gasteiger partial charge on any atom is 0.268 e. The predicted molar refractivity (Wildman–Crippen MR) is 260 cm³/mol. The third-order valence-corrected chi connectivity index (χ3v) is 11.0. The van der Waals surface area contributed by atoms with E-state index in [4.69, 9.17) is 9.05 Å². The quantitative estimate of drug-likeness (QED) is 0.0274. The van der Waals surface area contributed by atoms with Gasteiger partial charge >= 0.3 is 0 Å². The molecule has 0 aliphatic rings. The van der Waals surface area contributed by atoms with Crippen LogP contribution >= 0.6 is 7.82 Å². The van der Waals surface area contributed by atoms with E-state index in [0.717, 1.165) is 103 Å². The molecule has 0 aliphatic carbocycles. The monoisotopic (exact) mass is 871 g/mol. The number of unbranched alkanes of at least 4 members (excludes halogenated alkanes) is 15. The summed E-state index contributed by atoms with van der Waals surface area (Å²) in [5, 5.41) is 13.8. The van der Waals surface area contributed by atoms with Gasteiger partial charge in [0.05, 0.1) is 39.9 Å². The summed E-state index contributed by atoms with van der Waals surface area (Å²) in [5.74, 6) is -0.222. The molecule has 0 aromatic carbocycles. The fraction of sp³-hybridized carbons (Fsp3) is 0.673. The average molecular weight is 871 g/mol. The minimum atomic E-state index is -4.60. The number of phosphoric acid groups is 1. The number of carbonyl (C=O) groups is 1. The molecule has 1 amide bonds. The summed E-state index contributed by atoms with van der Waals surface area (Å²) in [5.41, 5.74) is 0. The third-order valence-electron chi connectivity index (χ3n) is 10.0. The number of carbonyl (C=O) groups excluding carboxylic acids is 1. The van der Waals surface area contributed by atoms with Gasteiger partial charge in [0.1, 0.15) is 13.2 Å². The van der Waals surface area contributed by atoms with E-state index in [1.54, 1.807) is 6.08 Å². The van der Waals surface area contributed by atoms with Gasteiger partial charge in [-0.05, 0) is 77.0 Å². The number of rotatable bonds is 42. The average Bonchev–Trinajstić information content (AvgIpc) is 3.21. The van der Waals surface area contributed by atoms with Gasteiger partial charge < -0.3 is 28.8 Å². The van der Waals surface area contributed by atoms with E-state index in [9.17, 15) is 19.4 Å². The molecule has 0 bridgehead atoms. The number of aliphatic hydroxyl groups is 1. The van der Waals surface area contributed by atoms with Crippen molar-refractivity contribution < 1.29 is 32.9 Å². The number of likely N-dealkylation sites (N-methyl/N-ethyl adjacent to an activating group) is 1. The van der Waals surface area contributed by atoms with Crippen molar-refractivity contribution in [1.82, 2.24) is 5.32 Å². The Morgan fingerprint density at radius 2 is 1.00 bits per heavy atom. The van der Waals surface area contributed by atoms with Gasteiger partial charge in [0.15, 0.2) is 0 Å². The van der Waals surface area contributed by atoms with Gasteiger partial charge in [0, 0.05) is 6.42 Å². The molecule has 350 valence electrons. The van der Waals surface area contributed by atoms with Crippen LogP contribution in [0.2, 0.25) is 0 Å². The van der Waals surface area contributed by atoms with E-state index in [-0.39, 0.29) is 12.5 Å². The number of allylic oxidation sites excluding steroid dienone is 15. The lowest BCUT2D eigenvalue weighted by Gasteiger charge is -2.29. The first-order chi connectivity index (χ1) is 29.5. The lowest BCUT2D eigenvalue weighted by Crippen LogP contribution is -2.45.